The standard InChI is InChI=1S/C21H27ClN6O2/c1-11(2)17(9-29)25-21-26-19(18-20(27-21)28(10-23-18)12(3)4)24-14-6-7-15(13(5)30)16(22)8-14/h6-8,10-12,17,29H,9H2,1-5H3,(H2,24,25,26,27)/t17-/m1/s1. The minimum absolute atomic E-state index is 0.0343. The molecular weight excluding hydrogens is 404 g/mol. The average molecular weight is 431 g/mol. The van der Waals surface area contributed by atoms with Crippen LogP contribution in [0.25, 0.3) is 11.2 Å². The number of aromatic nitrogens is 4. The van der Waals surface area contributed by atoms with Crippen LogP contribution in [0.15, 0.2) is 24.5 Å². The summed E-state index contributed by atoms with van der Waals surface area (Å²) in [7, 11) is 0. The van der Waals surface area contributed by atoms with Crippen molar-refractivity contribution < 1.29 is 9.90 Å². The van der Waals surface area contributed by atoms with Gasteiger partial charge in [-0.1, -0.05) is 25.4 Å². The molecular formula is C21H27ClN6O2. The second-order valence-electron chi connectivity index (χ2n) is 7.87. The molecule has 3 N–H and O–H groups in total. The van der Waals surface area contributed by atoms with E-state index in [1.54, 1.807) is 24.5 Å². The first kappa shape index (κ1) is 22.0. The normalized spacial score (nSPS) is 12.6. The van der Waals surface area contributed by atoms with Gasteiger partial charge in [-0.25, -0.2) is 4.98 Å². The summed E-state index contributed by atoms with van der Waals surface area (Å²) in [5.41, 5.74) is 2.44. The van der Waals surface area contributed by atoms with Crippen LogP contribution in [0.4, 0.5) is 17.5 Å². The minimum atomic E-state index is -0.185. The number of carbonyl (C=O) groups is 1. The molecule has 3 aromatic rings. The highest BCUT2D eigenvalue weighted by molar-refractivity contribution is 6.34. The first-order chi connectivity index (χ1) is 14.2. The Balaban J connectivity index is 2.06. The van der Waals surface area contributed by atoms with E-state index in [0.717, 1.165) is 0 Å². The van der Waals surface area contributed by atoms with Gasteiger partial charge in [0.1, 0.15) is 0 Å². The zero-order chi connectivity index (χ0) is 22.0. The maximum Gasteiger partial charge on any atom is 0.227 e. The number of carbonyl (C=O) groups excluding carboxylic acids is 1. The van der Waals surface area contributed by atoms with Gasteiger partial charge in [-0.2, -0.15) is 9.97 Å². The molecule has 160 valence electrons. The molecule has 0 unspecified atom stereocenters. The van der Waals surface area contributed by atoms with Gasteiger partial charge in [-0.15, -0.1) is 0 Å². The van der Waals surface area contributed by atoms with E-state index >= 15 is 0 Å². The number of aliphatic hydroxyl groups is 1. The van der Waals surface area contributed by atoms with Crippen molar-refractivity contribution in [1.29, 1.82) is 0 Å². The first-order valence-corrected chi connectivity index (χ1v) is 10.3. The van der Waals surface area contributed by atoms with Crippen molar-refractivity contribution in [3.05, 3.63) is 35.1 Å². The summed E-state index contributed by atoms with van der Waals surface area (Å²) in [6, 6.07) is 5.11. The van der Waals surface area contributed by atoms with Crippen molar-refractivity contribution in [3.8, 4) is 0 Å². The second-order valence-corrected chi connectivity index (χ2v) is 8.27. The van der Waals surface area contributed by atoms with E-state index in [9.17, 15) is 9.90 Å². The number of aliphatic hydroxyl groups excluding tert-OH is 1. The quantitative estimate of drug-likeness (QED) is 0.454. The Hall–Kier alpha value is -2.71. The SMILES string of the molecule is CC(=O)c1ccc(Nc2nc(N[C@H](CO)C(C)C)nc3c2ncn3C(C)C)cc1Cl. The number of benzene rings is 1. The molecule has 2 aromatic heterocycles. The number of halogens is 1. The molecule has 0 aliphatic carbocycles. The van der Waals surface area contributed by atoms with E-state index in [1.165, 1.54) is 6.92 Å². The lowest BCUT2D eigenvalue weighted by atomic mass is 10.1. The van der Waals surface area contributed by atoms with E-state index in [1.807, 2.05) is 32.3 Å². The Morgan fingerprint density at radius 2 is 1.97 bits per heavy atom. The fraction of sp³-hybridized carbons (Fsp3) is 0.429. The van der Waals surface area contributed by atoms with Crippen LogP contribution in [0.5, 0.6) is 0 Å². The molecule has 0 aliphatic heterocycles. The van der Waals surface area contributed by atoms with Crippen molar-refractivity contribution in [3.63, 3.8) is 0 Å². The third-order valence-electron chi connectivity index (χ3n) is 4.90. The average Bonchev–Trinajstić information content (AvgIpc) is 3.10. The van der Waals surface area contributed by atoms with Gasteiger partial charge in [0.15, 0.2) is 22.8 Å². The maximum absolute atomic E-state index is 11.6. The number of hydrogen-bond acceptors (Lipinski definition) is 7. The van der Waals surface area contributed by atoms with E-state index < -0.39 is 0 Å². The van der Waals surface area contributed by atoms with Crippen LogP contribution < -0.4 is 10.6 Å². The van der Waals surface area contributed by atoms with Gasteiger partial charge < -0.3 is 20.3 Å². The van der Waals surface area contributed by atoms with Crippen LogP contribution >= 0.6 is 11.6 Å². The third-order valence-corrected chi connectivity index (χ3v) is 5.22. The molecule has 9 heteroatoms. The molecule has 0 saturated heterocycles. The van der Waals surface area contributed by atoms with Crippen molar-refractivity contribution in [2.75, 3.05) is 17.2 Å². The Labute approximate surface area is 180 Å². The van der Waals surface area contributed by atoms with E-state index in [-0.39, 0.29) is 30.4 Å². The van der Waals surface area contributed by atoms with Crippen molar-refractivity contribution in [2.24, 2.45) is 5.92 Å². The number of nitrogens with one attached hydrogen (secondary N) is 2. The summed E-state index contributed by atoms with van der Waals surface area (Å²) < 4.78 is 1.96. The van der Waals surface area contributed by atoms with E-state index in [2.05, 4.69) is 25.6 Å². The van der Waals surface area contributed by atoms with Crippen molar-refractivity contribution >= 4 is 46.0 Å². The monoisotopic (exact) mass is 430 g/mol. The summed E-state index contributed by atoms with van der Waals surface area (Å²) in [5, 5.41) is 16.5. The number of fused-ring (bicyclic) bond motifs is 1. The second kappa shape index (κ2) is 8.97. The predicted molar refractivity (Wildman–Crippen MR) is 120 cm³/mol. The molecule has 0 bridgehead atoms. The number of anilines is 3. The topological polar surface area (TPSA) is 105 Å². The molecule has 0 fully saturated rings. The molecule has 8 nitrogen and oxygen atoms in total. The Morgan fingerprint density at radius 1 is 1.23 bits per heavy atom. The highest BCUT2D eigenvalue weighted by Crippen LogP contribution is 2.28. The molecule has 30 heavy (non-hydrogen) atoms. The van der Waals surface area contributed by atoms with Crippen molar-refractivity contribution in [1.82, 2.24) is 19.5 Å². The van der Waals surface area contributed by atoms with E-state index in [4.69, 9.17) is 11.6 Å². The van der Waals surface area contributed by atoms with Crippen LogP contribution in [0, 0.1) is 5.92 Å². The van der Waals surface area contributed by atoms with Gasteiger partial charge in [-0.05, 0) is 44.9 Å². The fourth-order valence-electron chi connectivity index (χ4n) is 3.05. The lowest BCUT2D eigenvalue weighted by Gasteiger charge is -2.20. The minimum Gasteiger partial charge on any atom is -0.394 e. The van der Waals surface area contributed by atoms with Crippen LogP contribution in [-0.4, -0.2) is 43.1 Å². The molecule has 0 radical (unpaired) electrons. The number of Topliss-reactive ketones (excluding diaryl/α,β-unsaturated/α-hetero) is 1. The van der Waals surface area contributed by atoms with Gasteiger partial charge in [0.2, 0.25) is 5.95 Å². The van der Waals surface area contributed by atoms with E-state index in [0.29, 0.717) is 39.2 Å². The number of imidazole rings is 1. The van der Waals surface area contributed by atoms with Gasteiger partial charge in [0, 0.05) is 17.3 Å². The zero-order valence-electron chi connectivity index (χ0n) is 17.8. The van der Waals surface area contributed by atoms with Crippen LogP contribution in [0.2, 0.25) is 5.02 Å². The van der Waals surface area contributed by atoms with Crippen molar-refractivity contribution in [2.45, 2.75) is 46.7 Å². The number of nitrogens with zero attached hydrogens (tertiary/aromatic N) is 4. The van der Waals surface area contributed by atoms with Gasteiger partial charge in [0.05, 0.1) is 24.0 Å². The highest BCUT2D eigenvalue weighted by Gasteiger charge is 2.19. The molecule has 0 spiro atoms. The number of rotatable bonds is 8. The fourth-order valence-corrected chi connectivity index (χ4v) is 3.36. The van der Waals surface area contributed by atoms with Gasteiger partial charge in [-0.3, -0.25) is 4.79 Å². The first-order valence-electron chi connectivity index (χ1n) is 9.90. The maximum atomic E-state index is 11.6. The third kappa shape index (κ3) is 4.55. The highest BCUT2D eigenvalue weighted by atomic mass is 35.5. The molecule has 3 rings (SSSR count). The lowest BCUT2D eigenvalue weighted by Crippen LogP contribution is -2.30. The molecule has 0 saturated carbocycles. The van der Waals surface area contributed by atoms with Crippen LogP contribution in [0.3, 0.4) is 0 Å². The largest absolute Gasteiger partial charge is 0.394 e. The summed E-state index contributed by atoms with van der Waals surface area (Å²) in [4.78, 5) is 25.4. The number of ketones is 1. The predicted octanol–water partition coefficient (Wildman–Crippen LogP) is 4.44. The summed E-state index contributed by atoms with van der Waals surface area (Å²) >= 11 is 6.25. The summed E-state index contributed by atoms with van der Waals surface area (Å²) in [5.74, 6) is 1.00. The Bertz CT molecular complexity index is 1060. The smallest absolute Gasteiger partial charge is 0.227 e. The molecule has 1 atom stereocenters. The van der Waals surface area contributed by atoms with Crippen LogP contribution in [-0.2, 0) is 0 Å². The molecule has 0 aliphatic rings. The molecule has 2 heterocycles. The zero-order valence-corrected chi connectivity index (χ0v) is 18.5. The lowest BCUT2D eigenvalue weighted by molar-refractivity contribution is 0.101. The van der Waals surface area contributed by atoms with Gasteiger partial charge in [0.25, 0.3) is 0 Å². The summed E-state index contributed by atoms with van der Waals surface area (Å²) in [6.45, 7) is 9.58. The van der Waals surface area contributed by atoms with Crippen LogP contribution in [0.1, 0.15) is 51.0 Å². The Morgan fingerprint density at radius 3 is 2.53 bits per heavy atom. The summed E-state index contributed by atoms with van der Waals surface area (Å²) in [6.07, 6.45) is 1.73. The Kier molecular flexibility index (Phi) is 6.58. The van der Waals surface area contributed by atoms with Gasteiger partial charge >= 0.3 is 0 Å². The molecule has 1 aromatic carbocycles. The number of hydrogen-bond donors (Lipinski definition) is 3. The molecule has 0 amide bonds.